The van der Waals surface area contributed by atoms with E-state index in [0.717, 1.165) is 17.6 Å². The zero-order valence-electron chi connectivity index (χ0n) is 14.2. The number of halogens is 1. The first-order chi connectivity index (χ1) is 11.6. The molecule has 1 unspecified atom stereocenters. The molecule has 0 aliphatic rings. The number of benzene rings is 2. The molecule has 24 heavy (non-hydrogen) atoms. The third-order valence-electron chi connectivity index (χ3n) is 3.92. The van der Waals surface area contributed by atoms with Crippen LogP contribution in [0.1, 0.15) is 25.0 Å². The molecule has 0 spiro atoms. The van der Waals surface area contributed by atoms with Crippen molar-refractivity contribution < 1.29 is 0 Å². The first-order valence-electron chi connectivity index (χ1n) is 8.14. The van der Waals surface area contributed by atoms with Gasteiger partial charge in [0.15, 0.2) is 0 Å². The van der Waals surface area contributed by atoms with Crippen LogP contribution in [-0.2, 0) is 13.0 Å². The molecular formula is C21H23BrN2. The van der Waals surface area contributed by atoms with Gasteiger partial charge in [0, 0.05) is 24.0 Å². The van der Waals surface area contributed by atoms with Crippen molar-refractivity contribution in [1.82, 2.24) is 4.90 Å². The highest BCUT2D eigenvalue weighted by Crippen LogP contribution is 2.20. The van der Waals surface area contributed by atoms with Crippen molar-refractivity contribution in [3.05, 3.63) is 81.8 Å². The van der Waals surface area contributed by atoms with Crippen LogP contribution >= 0.6 is 15.9 Å². The minimum absolute atomic E-state index is 0.167. The van der Waals surface area contributed by atoms with Crippen LogP contribution in [0, 0.1) is 11.3 Å². The van der Waals surface area contributed by atoms with E-state index < -0.39 is 0 Å². The number of hydrogen-bond acceptors (Lipinski definition) is 2. The molecule has 0 aromatic heterocycles. The topological polar surface area (TPSA) is 27.0 Å². The summed E-state index contributed by atoms with van der Waals surface area (Å²) in [6.07, 6.45) is 2.90. The molecule has 0 fully saturated rings. The molecule has 0 amide bonds. The van der Waals surface area contributed by atoms with Gasteiger partial charge >= 0.3 is 0 Å². The van der Waals surface area contributed by atoms with Crippen molar-refractivity contribution in [3.63, 3.8) is 0 Å². The van der Waals surface area contributed by atoms with Crippen molar-refractivity contribution in [2.75, 3.05) is 6.54 Å². The van der Waals surface area contributed by atoms with Crippen molar-refractivity contribution >= 4 is 15.9 Å². The molecule has 0 heterocycles. The fourth-order valence-corrected chi connectivity index (χ4v) is 3.00. The summed E-state index contributed by atoms with van der Waals surface area (Å²) >= 11 is 3.59. The summed E-state index contributed by atoms with van der Waals surface area (Å²) < 4.78 is 1.06. The first kappa shape index (κ1) is 18.4. The molecule has 0 aliphatic carbocycles. The van der Waals surface area contributed by atoms with E-state index in [9.17, 15) is 5.26 Å². The Labute approximate surface area is 153 Å². The fourth-order valence-electron chi connectivity index (χ4n) is 2.55. The van der Waals surface area contributed by atoms with Crippen LogP contribution in [0.2, 0.25) is 0 Å². The second-order valence-corrected chi connectivity index (χ2v) is 6.99. The third-order valence-corrected chi connectivity index (χ3v) is 4.70. The van der Waals surface area contributed by atoms with Gasteiger partial charge in [0.25, 0.3) is 0 Å². The minimum atomic E-state index is -0.167. The minimum Gasteiger partial charge on any atom is -0.280 e. The van der Waals surface area contributed by atoms with Crippen LogP contribution in [0.4, 0.5) is 0 Å². The van der Waals surface area contributed by atoms with Gasteiger partial charge in [-0.25, -0.2) is 0 Å². The standard InChI is InChI=1S/C21H23BrN2/c1-17(2)12-13-24(16-18-8-4-3-5-9-18)20(15-23)14-19-10-6-7-11-21(19)22/h3-12,20H,13-14,16H2,1-2H3. The Morgan fingerprint density at radius 1 is 1.12 bits per heavy atom. The highest BCUT2D eigenvalue weighted by molar-refractivity contribution is 9.10. The summed E-state index contributed by atoms with van der Waals surface area (Å²) in [5.41, 5.74) is 3.66. The van der Waals surface area contributed by atoms with Gasteiger partial charge in [0.1, 0.15) is 6.04 Å². The van der Waals surface area contributed by atoms with Gasteiger partial charge in [0.2, 0.25) is 0 Å². The Hall–Kier alpha value is -1.89. The van der Waals surface area contributed by atoms with Gasteiger partial charge in [0.05, 0.1) is 6.07 Å². The van der Waals surface area contributed by atoms with E-state index in [0.29, 0.717) is 6.42 Å². The molecule has 0 radical (unpaired) electrons. The quantitative estimate of drug-likeness (QED) is 0.603. The highest BCUT2D eigenvalue weighted by Gasteiger charge is 2.19. The molecule has 2 aromatic carbocycles. The number of nitriles is 1. The molecule has 0 N–H and O–H groups in total. The lowest BCUT2D eigenvalue weighted by Gasteiger charge is -2.26. The summed E-state index contributed by atoms with van der Waals surface area (Å²) in [6, 6.07) is 20.8. The van der Waals surface area contributed by atoms with Gasteiger partial charge in [-0.15, -0.1) is 0 Å². The van der Waals surface area contributed by atoms with E-state index in [1.54, 1.807) is 0 Å². The molecule has 0 aliphatic heterocycles. The van der Waals surface area contributed by atoms with E-state index in [1.165, 1.54) is 16.7 Å². The smallest absolute Gasteiger partial charge is 0.102 e. The van der Waals surface area contributed by atoms with Crippen molar-refractivity contribution in [2.24, 2.45) is 0 Å². The Bertz CT molecular complexity index is 712. The monoisotopic (exact) mass is 382 g/mol. The molecular weight excluding hydrogens is 360 g/mol. The second kappa shape index (κ2) is 9.42. The maximum absolute atomic E-state index is 9.76. The zero-order chi connectivity index (χ0) is 17.4. The molecule has 124 valence electrons. The molecule has 1 atom stereocenters. The lowest BCUT2D eigenvalue weighted by Crippen LogP contribution is -2.35. The van der Waals surface area contributed by atoms with Gasteiger partial charge < -0.3 is 0 Å². The third kappa shape index (κ3) is 5.63. The van der Waals surface area contributed by atoms with E-state index in [2.05, 4.69) is 65.0 Å². The average molecular weight is 383 g/mol. The number of allylic oxidation sites excluding steroid dienone is 1. The maximum Gasteiger partial charge on any atom is 0.102 e. The predicted molar refractivity (Wildman–Crippen MR) is 104 cm³/mol. The van der Waals surface area contributed by atoms with Crippen LogP contribution in [0.15, 0.2) is 70.7 Å². The Balaban J connectivity index is 2.21. The van der Waals surface area contributed by atoms with E-state index in [4.69, 9.17) is 0 Å². The molecule has 3 heteroatoms. The van der Waals surface area contributed by atoms with Gasteiger partial charge in [-0.2, -0.15) is 5.26 Å². The van der Waals surface area contributed by atoms with Crippen LogP contribution < -0.4 is 0 Å². The summed E-state index contributed by atoms with van der Waals surface area (Å²) in [5, 5.41) is 9.76. The summed E-state index contributed by atoms with van der Waals surface area (Å²) in [6.45, 7) is 5.74. The second-order valence-electron chi connectivity index (χ2n) is 6.14. The van der Waals surface area contributed by atoms with E-state index >= 15 is 0 Å². The van der Waals surface area contributed by atoms with E-state index in [-0.39, 0.29) is 6.04 Å². The molecule has 2 nitrogen and oxygen atoms in total. The average Bonchev–Trinajstić information content (AvgIpc) is 2.59. The van der Waals surface area contributed by atoms with Crippen LogP contribution in [0.3, 0.4) is 0 Å². The summed E-state index contributed by atoms with van der Waals surface area (Å²) in [7, 11) is 0. The fraction of sp³-hybridized carbons (Fsp3) is 0.286. The van der Waals surface area contributed by atoms with Gasteiger partial charge in [-0.05, 0) is 31.0 Å². The maximum atomic E-state index is 9.76. The molecule has 0 bridgehead atoms. The SMILES string of the molecule is CC(C)=CCN(Cc1ccccc1)C(C#N)Cc1ccccc1Br. The highest BCUT2D eigenvalue weighted by atomic mass is 79.9. The molecule has 0 saturated carbocycles. The van der Waals surface area contributed by atoms with Crippen LogP contribution in [0.5, 0.6) is 0 Å². The normalized spacial score (nSPS) is 11.8. The van der Waals surface area contributed by atoms with Crippen molar-refractivity contribution in [3.8, 4) is 6.07 Å². The van der Waals surface area contributed by atoms with Crippen LogP contribution in [-0.4, -0.2) is 17.5 Å². The Morgan fingerprint density at radius 2 is 1.79 bits per heavy atom. The number of hydrogen-bond donors (Lipinski definition) is 0. The van der Waals surface area contributed by atoms with Crippen LogP contribution in [0.25, 0.3) is 0 Å². The lowest BCUT2D eigenvalue weighted by atomic mass is 10.0. The number of nitrogens with zero attached hydrogens (tertiary/aromatic N) is 2. The van der Waals surface area contributed by atoms with Gasteiger partial charge in [-0.3, -0.25) is 4.90 Å². The van der Waals surface area contributed by atoms with E-state index in [1.807, 2.05) is 36.4 Å². The van der Waals surface area contributed by atoms with Crippen molar-refractivity contribution in [2.45, 2.75) is 32.9 Å². The molecule has 2 aromatic rings. The lowest BCUT2D eigenvalue weighted by molar-refractivity contribution is 0.248. The Kier molecular flexibility index (Phi) is 7.24. The summed E-state index contributed by atoms with van der Waals surface area (Å²) in [5.74, 6) is 0. The predicted octanol–water partition coefficient (Wildman–Crippen LogP) is 5.35. The summed E-state index contributed by atoms with van der Waals surface area (Å²) in [4.78, 5) is 2.24. The largest absolute Gasteiger partial charge is 0.280 e. The van der Waals surface area contributed by atoms with Crippen molar-refractivity contribution in [1.29, 1.82) is 5.26 Å². The Morgan fingerprint density at radius 3 is 2.42 bits per heavy atom. The number of rotatable bonds is 7. The molecule has 2 rings (SSSR count). The van der Waals surface area contributed by atoms with Gasteiger partial charge in [-0.1, -0.05) is 76.1 Å². The first-order valence-corrected chi connectivity index (χ1v) is 8.94. The molecule has 0 saturated heterocycles. The zero-order valence-corrected chi connectivity index (χ0v) is 15.8.